The molecule has 23 heavy (non-hydrogen) atoms. The molecule has 0 saturated carbocycles. The normalized spacial score (nSPS) is 16.7. The van der Waals surface area contributed by atoms with Crippen LogP contribution in [0.25, 0.3) is 0 Å². The third-order valence-corrected chi connectivity index (χ3v) is 5.26. The molecular weight excluding hydrogens is 316 g/mol. The molecule has 0 radical (unpaired) electrons. The number of pyridine rings is 1. The van der Waals surface area contributed by atoms with Crippen molar-refractivity contribution in [1.82, 2.24) is 19.1 Å². The van der Waals surface area contributed by atoms with E-state index in [1.165, 1.54) is 10.6 Å². The SMILES string of the molecule is CN1CCN(C(=O)CCN(Cc2ccncc2)S(C)(=O)=O)CC1. The summed E-state index contributed by atoms with van der Waals surface area (Å²) >= 11 is 0. The molecule has 2 rings (SSSR count). The summed E-state index contributed by atoms with van der Waals surface area (Å²) in [5.41, 5.74) is 0.859. The predicted octanol–water partition coefficient (Wildman–Crippen LogP) is 0.00730. The summed E-state index contributed by atoms with van der Waals surface area (Å²) in [5, 5.41) is 0. The van der Waals surface area contributed by atoms with E-state index in [1.54, 1.807) is 24.5 Å². The molecule has 0 aliphatic carbocycles. The number of hydrogen-bond donors (Lipinski definition) is 0. The molecule has 0 N–H and O–H groups in total. The fourth-order valence-electron chi connectivity index (χ4n) is 2.49. The van der Waals surface area contributed by atoms with Crippen LogP contribution in [-0.2, 0) is 21.4 Å². The van der Waals surface area contributed by atoms with E-state index in [1.807, 2.05) is 11.9 Å². The molecule has 0 atom stereocenters. The van der Waals surface area contributed by atoms with E-state index in [4.69, 9.17) is 0 Å². The number of sulfonamides is 1. The van der Waals surface area contributed by atoms with Gasteiger partial charge in [-0.05, 0) is 24.7 Å². The molecule has 0 spiro atoms. The zero-order valence-corrected chi connectivity index (χ0v) is 14.5. The average molecular weight is 340 g/mol. The van der Waals surface area contributed by atoms with Crippen molar-refractivity contribution in [2.75, 3.05) is 46.0 Å². The second-order valence-electron chi connectivity index (χ2n) is 5.89. The lowest BCUT2D eigenvalue weighted by molar-refractivity contribution is -0.132. The number of hydrogen-bond acceptors (Lipinski definition) is 5. The maximum atomic E-state index is 12.3. The van der Waals surface area contributed by atoms with Gasteiger partial charge in [0.1, 0.15) is 0 Å². The van der Waals surface area contributed by atoms with Gasteiger partial charge in [-0.1, -0.05) is 0 Å². The van der Waals surface area contributed by atoms with E-state index in [0.29, 0.717) is 13.1 Å². The molecule has 2 heterocycles. The van der Waals surface area contributed by atoms with Gasteiger partial charge in [-0.3, -0.25) is 9.78 Å². The molecule has 1 aliphatic rings. The number of piperazine rings is 1. The van der Waals surface area contributed by atoms with Gasteiger partial charge in [0.25, 0.3) is 0 Å². The van der Waals surface area contributed by atoms with Crippen LogP contribution in [-0.4, -0.2) is 79.4 Å². The lowest BCUT2D eigenvalue weighted by atomic mass is 10.2. The fourth-order valence-corrected chi connectivity index (χ4v) is 3.29. The molecule has 1 saturated heterocycles. The fraction of sp³-hybridized carbons (Fsp3) is 0.600. The minimum atomic E-state index is -3.36. The summed E-state index contributed by atoms with van der Waals surface area (Å²) in [4.78, 5) is 20.2. The number of nitrogens with zero attached hydrogens (tertiary/aromatic N) is 4. The van der Waals surface area contributed by atoms with Crippen LogP contribution in [0.3, 0.4) is 0 Å². The monoisotopic (exact) mass is 340 g/mol. The standard InChI is InChI=1S/C15H24N4O3S/c1-17-9-11-18(12-10-17)15(20)5-8-19(23(2,21)22)13-14-3-6-16-7-4-14/h3-4,6-7H,5,8-13H2,1-2H3. The van der Waals surface area contributed by atoms with Gasteiger partial charge < -0.3 is 9.80 Å². The van der Waals surface area contributed by atoms with Gasteiger partial charge in [-0.25, -0.2) is 8.42 Å². The number of aromatic nitrogens is 1. The Morgan fingerprint density at radius 2 is 1.83 bits per heavy atom. The van der Waals surface area contributed by atoms with Crippen molar-refractivity contribution in [3.8, 4) is 0 Å². The maximum Gasteiger partial charge on any atom is 0.223 e. The lowest BCUT2D eigenvalue weighted by Gasteiger charge is -2.33. The van der Waals surface area contributed by atoms with E-state index in [-0.39, 0.29) is 25.4 Å². The molecule has 1 amide bonds. The van der Waals surface area contributed by atoms with Crippen LogP contribution in [0.4, 0.5) is 0 Å². The molecule has 1 aromatic heterocycles. The molecule has 128 valence electrons. The summed E-state index contributed by atoms with van der Waals surface area (Å²) in [7, 11) is -1.33. The zero-order chi connectivity index (χ0) is 16.9. The Morgan fingerprint density at radius 1 is 1.22 bits per heavy atom. The van der Waals surface area contributed by atoms with E-state index >= 15 is 0 Å². The third kappa shape index (κ3) is 5.56. The molecule has 1 fully saturated rings. The Labute approximate surface area is 137 Å². The quantitative estimate of drug-likeness (QED) is 0.729. The number of rotatable bonds is 6. The van der Waals surface area contributed by atoms with Crippen LogP contribution >= 0.6 is 0 Å². The summed E-state index contributed by atoms with van der Waals surface area (Å²) in [6.45, 7) is 3.60. The van der Waals surface area contributed by atoms with Crippen molar-refractivity contribution in [2.45, 2.75) is 13.0 Å². The maximum absolute atomic E-state index is 12.3. The second kappa shape index (κ2) is 7.85. The van der Waals surface area contributed by atoms with Crippen LogP contribution in [0.2, 0.25) is 0 Å². The molecular formula is C15H24N4O3S. The highest BCUT2D eigenvalue weighted by molar-refractivity contribution is 7.88. The molecule has 0 unspecified atom stereocenters. The van der Waals surface area contributed by atoms with Crippen molar-refractivity contribution in [3.63, 3.8) is 0 Å². The molecule has 1 aromatic rings. The number of carbonyl (C=O) groups is 1. The molecule has 0 aromatic carbocycles. The highest BCUT2D eigenvalue weighted by Crippen LogP contribution is 2.10. The summed E-state index contributed by atoms with van der Waals surface area (Å²) in [6, 6.07) is 3.56. The number of amides is 1. The first-order valence-electron chi connectivity index (χ1n) is 7.66. The highest BCUT2D eigenvalue weighted by Gasteiger charge is 2.22. The first-order chi connectivity index (χ1) is 10.9. The van der Waals surface area contributed by atoms with Gasteiger partial charge in [0, 0.05) is 58.1 Å². The van der Waals surface area contributed by atoms with Crippen molar-refractivity contribution >= 4 is 15.9 Å². The smallest absolute Gasteiger partial charge is 0.223 e. The van der Waals surface area contributed by atoms with Crippen molar-refractivity contribution in [3.05, 3.63) is 30.1 Å². The first-order valence-corrected chi connectivity index (χ1v) is 9.51. The number of likely N-dealkylation sites (N-methyl/N-ethyl adjacent to an activating group) is 1. The largest absolute Gasteiger partial charge is 0.340 e. The summed E-state index contributed by atoms with van der Waals surface area (Å²) in [6.07, 6.45) is 4.65. The Kier molecular flexibility index (Phi) is 6.09. The summed E-state index contributed by atoms with van der Waals surface area (Å²) < 4.78 is 25.2. The number of carbonyl (C=O) groups excluding carboxylic acids is 1. The first kappa shape index (κ1) is 17.8. The van der Waals surface area contributed by atoms with Crippen molar-refractivity contribution in [2.24, 2.45) is 0 Å². The highest BCUT2D eigenvalue weighted by atomic mass is 32.2. The van der Waals surface area contributed by atoms with Crippen LogP contribution in [0, 0.1) is 0 Å². The summed E-state index contributed by atoms with van der Waals surface area (Å²) in [5.74, 6) is 0.0153. The minimum Gasteiger partial charge on any atom is -0.340 e. The Hall–Kier alpha value is -1.51. The average Bonchev–Trinajstić information content (AvgIpc) is 2.51. The van der Waals surface area contributed by atoms with Crippen LogP contribution in [0.15, 0.2) is 24.5 Å². The van der Waals surface area contributed by atoms with Crippen molar-refractivity contribution < 1.29 is 13.2 Å². The van der Waals surface area contributed by atoms with Gasteiger partial charge in [-0.2, -0.15) is 4.31 Å². The Balaban J connectivity index is 1.92. The Bertz CT molecular complexity index is 613. The van der Waals surface area contributed by atoms with Crippen LogP contribution in [0.1, 0.15) is 12.0 Å². The van der Waals surface area contributed by atoms with Gasteiger partial charge in [0.05, 0.1) is 6.26 Å². The van der Waals surface area contributed by atoms with Crippen LogP contribution < -0.4 is 0 Å². The predicted molar refractivity (Wildman–Crippen MR) is 88.2 cm³/mol. The van der Waals surface area contributed by atoms with E-state index < -0.39 is 10.0 Å². The topological polar surface area (TPSA) is 73.8 Å². The van der Waals surface area contributed by atoms with Gasteiger partial charge in [-0.15, -0.1) is 0 Å². The van der Waals surface area contributed by atoms with Gasteiger partial charge in [0.15, 0.2) is 0 Å². The second-order valence-corrected chi connectivity index (χ2v) is 7.87. The van der Waals surface area contributed by atoms with E-state index in [0.717, 1.165) is 18.7 Å². The van der Waals surface area contributed by atoms with Gasteiger partial charge in [0.2, 0.25) is 15.9 Å². The van der Waals surface area contributed by atoms with E-state index in [9.17, 15) is 13.2 Å². The van der Waals surface area contributed by atoms with E-state index in [2.05, 4.69) is 9.88 Å². The molecule has 7 nitrogen and oxygen atoms in total. The lowest BCUT2D eigenvalue weighted by Crippen LogP contribution is -2.47. The Morgan fingerprint density at radius 3 is 2.39 bits per heavy atom. The molecule has 8 heteroatoms. The molecule has 1 aliphatic heterocycles. The molecule has 0 bridgehead atoms. The van der Waals surface area contributed by atoms with Gasteiger partial charge >= 0.3 is 0 Å². The third-order valence-electron chi connectivity index (χ3n) is 4.01. The van der Waals surface area contributed by atoms with Crippen molar-refractivity contribution in [1.29, 1.82) is 0 Å². The van der Waals surface area contributed by atoms with Crippen LogP contribution in [0.5, 0.6) is 0 Å². The zero-order valence-electron chi connectivity index (χ0n) is 13.7. The minimum absolute atomic E-state index is 0.0153.